The lowest BCUT2D eigenvalue weighted by Gasteiger charge is -2.26. The van der Waals surface area contributed by atoms with Crippen LogP contribution in [0.3, 0.4) is 0 Å². The molecule has 1 aliphatic heterocycles. The standard InChI is InChI=1S/C14H28N2/c1-3-14(8-9-15)7-5-11-16-10-4-6-13(2)12-16/h6,14H,3-5,7-12,15H2,1-2H3. The highest BCUT2D eigenvalue weighted by atomic mass is 15.1. The molecule has 1 atom stereocenters. The Balaban J connectivity index is 2.12. The Morgan fingerprint density at radius 2 is 2.25 bits per heavy atom. The largest absolute Gasteiger partial charge is 0.330 e. The van der Waals surface area contributed by atoms with E-state index in [1.807, 2.05) is 0 Å². The van der Waals surface area contributed by atoms with Gasteiger partial charge in [-0.2, -0.15) is 0 Å². The van der Waals surface area contributed by atoms with E-state index < -0.39 is 0 Å². The fourth-order valence-corrected chi connectivity index (χ4v) is 2.57. The van der Waals surface area contributed by atoms with Crippen molar-refractivity contribution in [3.05, 3.63) is 11.6 Å². The van der Waals surface area contributed by atoms with Crippen molar-refractivity contribution in [2.24, 2.45) is 11.7 Å². The molecule has 0 spiro atoms. The van der Waals surface area contributed by atoms with E-state index in [0.29, 0.717) is 0 Å². The summed E-state index contributed by atoms with van der Waals surface area (Å²) >= 11 is 0. The van der Waals surface area contributed by atoms with E-state index >= 15 is 0 Å². The minimum Gasteiger partial charge on any atom is -0.330 e. The smallest absolute Gasteiger partial charge is 0.0190 e. The van der Waals surface area contributed by atoms with Crippen LogP contribution in [-0.2, 0) is 0 Å². The van der Waals surface area contributed by atoms with E-state index in [1.165, 1.54) is 51.7 Å². The average molecular weight is 224 g/mol. The van der Waals surface area contributed by atoms with Crippen LogP contribution in [0.2, 0.25) is 0 Å². The Morgan fingerprint density at radius 1 is 1.44 bits per heavy atom. The normalized spacial score (nSPS) is 19.6. The van der Waals surface area contributed by atoms with Gasteiger partial charge in [0, 0.05) is 13.1 Å². The molecule has 1 aliphatic rings. The number of rotatable bonds is 7. The molecule has 0 saturated carbocycles. The van der Waals surface area contributed by atoms with Gasteiger partial charge in [0.25, 0.3) is 0 Å². The van der Waals surface area contributed by atoms with Crippen molar-refractivity contribution >= 4 is 0 Å². The molecule has 16 heavy (non-hydrogen) atoms. The van der Waals surface area contributed by atoms with Crippen LogP contribution >= 0.6 is 0 Å². The molecule has 2 N–H and O–H groups in total. The molecule has 1 rings (SSSR count). The van der Waals surface area contributed by atoms with E-state index in [1.54, 1.807) is 5.57 Å². The van der Waals surface area contributed by atoms with Crippen LogP contribution in [0.5, 0.6) is 0 Å². The summed E-state index contributed by atoms with van der Waals surface area (Å²) in [7, 11) is 0. The predicted octanol–water partition coefficient (Wildman–Crippen LogP) is 2.79. The molecular weight excluding hydrogens is 196 g/mol. The first-order chi connectivity index (χ1) is 7.76. The fraction of sp³-hybridized carbons (Fsp3) is 0.857. The molecule has 0 aromatic heterocycles. The Bertz CT molecular complexity index is 211. The van der Waals surface area contributed by atoms with Gasteiger partial charge in [0.15, 0.2) is 0 Å². The molecule has 0 saturated heterocycles. The monoisotopic (exact) mass is 224 g/mol. The molecule has 0 radical (unpaired) electrons. The molecule has 0 fully saturated rings. The third-order valence-electron chi connectivity index (χ3n) is 3.65. The number of hydrogen-bond donors (Lipinski definition) is 1. The van der Waals surface area contributed by atoms with Crippen LogP contribution in [0, 0.1) is 5.92 Å². The highest BCUT2D eigenvalue weighted by molar-refractivity contribution is 5.04. The molecule has 0 aromatic rings. The zero-order valence-corrected chi connectivity index (χ0v) is 11.0. The van der Waals surface area contributed by atoms with Crippen LogP contribution in [-0.4, -0.2) is 31.1 Å². The topological polar surface area (TPSA) is 29.3 Å². The number of hydrogen-bond acceptors (Lipinski definition) is 2. The highest BCUT2D eigenvalue weighted by Crippen LogP contribution is 2.16. The van der Waals surface area contributed by atoms with Gasteiger partial charge in [0.05, 0.1) is 0 Å². The summed E-state index contributed by atoms with van der Waals surface area (Å²) in [6.07, 6.45) is 8.80. The van der Waals surface area contributed by atoms with E-state index in [9.17, 15) is 0 Å². The second-order valence-electron chi connectivity index (χ2n) is 5.11. The molecule has 94 valence electrons. The van der Waals surface area contributed by atoms with Gasteiger partial charge >= 0.3 is 0 Å². The Morgan fingerprint density at radius 3 is 2.88 bits per heavy atom. The van der Waals surface area contributed by atoms with Gasteiger partial charge < -0.3 is 5.73 Å². The van der Waals surface area contributed by atoms with Crippen LogP contribution in [0.25, 0.3) is 0 Å². The van der Waals surface area contributed by atoms with Gasteiger partial charge in [-0.3, -0.25) is 4.90 Å². The molecule has 1 heterocycles. The van der Waals surface area contributed by atoms with Crippen LogP contribution in [0.4, 0.5) is 0 Å². The summed E-state index contributed by atoms with van der Waals surface area (Å²) in [5.41, 5.74) is 7.16. The van der Waals surface area contributed by atoms with Crippen molar-refractivity contribution in [1.29, 1.82) is 0 Å². The summed E-state index contributed by atoms with van der Waals surface area (Å²) in [5.74, 6) is 0.853. The zero-order chi connectivity index (χ0) is 11.8. The minimum atomic E-state index is 0.851. The van der Waals surface area contributed by atoms with Gasteiger partial charge in [0.2, 0.25) is 0 Å². The first-order valence-electron chi connectivity index (χ1n) is 6.84. The second kappa shape index (κ2) is 7.86. The first-order valence-corrected chi connectivity index (χ1v) is 6.84. The van der Waals surface area contributed by atoms with Gasteiger partial charge in [-0.25, -0.2) is 0 Å². The predicted molar refractivity (Wildman–Crippen MR) is 71.5 cm³/mol. The average Bonchev–Trinajstić information content (AvgIpc) is 2.28. The maximum atomic E-state index is 5.62. The lowest BCUT2D eigenvalue weighted by atomic mass is 9.96. The van der Waals surface area contributed by atoms with Crippen molar-refractivity contribution in [2.75, 3.05) is 26.2 Å². The van der Waals surface area contributed by atoms with Crippen LogP contribution in [0.15, 0.2) is 11.6 Å². The van der Waals surface area contributed by atoms with Crippen molar-refractivity contribution in [3.8, 4) is 0 Å². The van der Waals surface area contributed by atoms with E-state index in [-0.39, 0.29) is 0 Å². The lowest BCUT2D eigenvalue weighted by molar-refractivity contribution is 0.272. The Kier molecular flexibility index (Phi) is 6.74. The van der Waals surface area contributed by atoms with Gasteiger partial charge in [-0.1, -0.05) is 25.0 Å². The Labute approximate surface area is 101 Å². The quantitative estimate of drug-likeness (QED) is 0.674. The SMILES string of the molecule is CCC(CCN)CCCN1CCC=C(C)C1. The Hall–Kier alpha value is -0.340. The molecule has 0 aliphatic carbocycles. The second-order valence-corrected chi connectivity index (χ2v) is 5.11. The minimum absolute atomic E-state index is 0.851. The van der Waals surface area contributed by atoms with E-state index in [4.69, 9.17) is 5.73 Å². The van der Waals surface area contributed by atoms with Crippen LogP contribution in [0.1, 0.15) is 46.0 Å². The highest BCUT2D eigenvalue weighted by Gasteiger charge is 2.10. The molecule has 0 aromatic carbocycles. The van der Waals surface area contributed by atoms with Crippen LogP contribution < -0.4 is 5.73 Å². The van der Waals surface area contributed by atoms with Gasteiger partial charge in [-0.05, 0) is 51.6 Å². The molecular formula is C14H28N2. The van der Waals surface area contributed by atoms with Crippen molar-refractivity contribution < 1.29 is 0 Å². The van der Waals surface area contributed by atoms with Crippen molar-refractivity contribution in [1.82, 2.24) is 4.90 Å². The molecule has 2 heteroatoms. The summed E-state index contributed by atoms with van der Waals surface area (Å²) < 4.78 is 0. The first kappa shape index (κ1) is 13.7. The third-order valence-corrected chi connectivity index (χ3v) is 3.65. The summed E-state index contributed by atoms with van der Waals surface area (Å²) in [6, 6.07) is 0. The fourth-order valence-electron chi connectivity index (χ4n) is 2.57. The maximum absolute atomic E-state index is 5.62. The summed E-state index contributed by atoms with van der Waals surface area (Å²) in [6.45, 7) is 9.10. The third kappa shape index (κ3) is 5.13. The number of nitrogens with two attached hydrogens (primary N) is 1. The molecule has 0 amide bonds. The molecule has 0 bridgehead atoms. The number of nitrogens with zero attached hydrogens (tertiary/aromatic N) is 1. The van der Waals surface area contributed by atoms with Crippen molar-refractivity contribution in [2.45, 2.75) is 46.0 Å². The summed E-state index contributed by atoms with van der Waals surface area (Å²) in [4.78, 5) is 2.59. The van der Waals surface area contributed by atoms with E-state index in [2.05, 4.69) is 24.8 Å². The molecule has 1 unspecified atom stereocenters. The van der Waals surface area contributed by atoms with E-state index in [0.717, 1.165) is 12.5 Å². The molecule has 2 nitrogen and oxygen atoms in total. The summed E-state index contributed by atoms with van der Waals surface area (Å²) in [5, 5.41) is 0. The van der Waals surface area contributed by atoms with Gasteiger partial charge in [0.1, 0.15) is 0 Å². The lowest BCUT2D eigenvalue weighted by Crippen LogP contribution is -2.30. The van der Waals surface area contributed by atoms with Gasteiger partial charge in [-0.15, -0.1) is 0 Å². The van der Waals surface area contributed by atoms with Crippen molar-refractivity contribution in [3.63, 3.8) is 0 Å². The zero-order valence-electron chi connectivity index (χ0n) is 11.0. The maximum Gasteiger partial charge on any atom is 0.0190 e.